The minimum atomic E-state index is 0.453. The molecule has 0 saturated carbocycles. The lowest BCUT2D eigenvalue weighted by atomic mass is 9.91. The topological polar surface area (TPSA) is 73.2 Å². The van der Waals surface area contributed by atoms with E-state index >= 15 is 0 Å². The van der Waals surface area contributed by atoms with Crippen LogP contribution in [-0.2, 0) is 12.8 Å². The van der Waals surface area contributed by atoms with Gasteiger partial charge in [-0.2, -0.15) is 5.26 Å². The zero-order valence-electron chi connectivity index (χ0n) is 13.5. The van der Waals surface area contributed by atoms with Crippen LogP contribution in [0.15, 0.2) is 24.3 Å². The lowest BCUT2D eigenvalue weighted by Gasteiger charge is -2.16. The molecule has 0 aliphatic heterocycles. The largest absolute Gasteiger partial charge is 0.493 e. The Balaban J connectivity index is 2.30. The highest BCUT2D eigenvalue weighted by atomic mass is 16.5. The fourth-order valence-corrected chi connectivity index (χ4v) is 3.37. The van der Waals surface area contributed by atoms with E-state index in [4.69, 9.17) is 10.5 Å². The number of para-hydroxylation sites is 1. The molecule has 3 rings (SSSR count). The third-order valence-corrected chi connectivity index (χ3v) is 4.39. The first-order valence-corrected chi connectivity index (χ1v) is 8.25. The molecular formula is C19H22N3O+. The molecule has 4 heteroatoms. The maximum Gasteiger partial charge on any atom is 0.289 e. The first-order valence-electron chi connectivity index (χ1n) is 8.25. The van der Waals surface area contributed by atoms with E-state index in [-0.39, 0.29) is 0 Å². The summed E-state index contributed by atoms with van der Waals surface area (Å²) in [6, 6.07) is 10.2. The monoisotopic (exact) mass is 308 g/mol. The highest BCUT2D eigenvalue weighted by molar-refractivity contribution is 5.81. The van der Waals surface area contributed by atoms with Gasteiger partial charge in [0, 0.05) is 23.1 Å². The zero-order chi connectivity index (χ0) is 16.2. The standard InChI is InChI=1S/C19H21N3O/c1-2-23-17-11-7-6-9-14(17)18-13-8-4-3-5-10-16(13)22-19(21)15(18)12-20/h6-7,9,11H,2-5,8,10H2,1H3,(H2,21,22)/p+1. The number of nitrogens with zero attached hydrogens (tertiary/aromatic N) is 1. The minimum Gasteiger partial charge on any atom is -0.493 e. The van der Waals surface area contributed by atoms with Crippen molar-refractivity contribution in [3.05, 3.63) is 41.1 Å². The Hall–Kier alpha value is -2.54. The Morgan fingerprint density at radius 1 is 1.22 bits per heavy atom. The van der Waals surface area contributed by atoms with Gasteiger partial charge in [0.05, 0.1) is 6.61 Å². The van der Waals surface area contributed by atoms with Gasteiger partial charge in [0.2, 0.25) is 0 Å². The lowest BCUT2D eigenvalue weighted by molar-refractivity contribution is -0.373. The summed E-state index contributed by atoms with van der Waals surface area (Å²) in [6.45, 7) is 2.56. The first kappa shape index (κ1) is 15.4. The molecule has 0 fully saturated rings. The predicted octanol–water partition coefficient (Wildman–Crippen LogP) is 3.29. The van der Waals surface area contributed by atoms with Crippen molar-refractivity contribution in [2.24, 2.45) is 0 Å². The number of nitriles is 1. The van der Waals surface area contributed by atoms with Gasteiger partial charge in [-0.05, 0) is 32.3 Å². The van der Waals surface area contributed by atoms with Crippen molar-refractivity contribution < 1.29 is 9.72 Å². The third-order valence-electron chi connectivity index (χ3n) is 4.39. The number of aromatic amines is 1. The van der Waals surface area contributed by atoms with Crippen LogP contribution in [0.3, 0.4) is 0 Å². The normalized spacial score (nSPS) is 13.7. The number of fused-ring (bicyclic) bond motifs is 1. The Morgan fingerprint density at radius 3 is 2.78 bits per heavy atom. The number of nitrogens with one attached hydrogen (secondary N) is 1. The number of anilines is 1. The van der Waals surface area contributed by atoms with Crippen LogP contribution in [0.2, 0.25) is 0 Å². The molecule has 1 heterocycles. The number of hydrogen-bond acceptors (Lipinski definition) is 3. The van der Waals surface area contributed by atoms with Crippen LogP contribution in [-0.4, -0.2) is 6.61 Å². The molecule has 1 aromatic heterocycles. The van der Waals surface area contributed by atoms with E-state index in [0.717, 1.165) is 42.6 Å². The fraction of sp³-hybridized carbons (Fsp3) is 0.368. The van der Waals surface area contributed by atoms with E-state index in [1.165, 1.54) is 17.7 Å². The molecule has 1 aromatic carbocycles. The third kappa shape index (κ3) is 2.87. The average Bonchev–Trinajstić information content (AvgIpc) is 2.79. The minimum absolute atomic E-state index is 0.453. The Bertz CT molecular complexity index is 762. The summed E-state index contributed by atoms with van der Waals surface area (Å²) in [5.41, 5.74) is 11.0. The van der Waals surface area contributed by atoms with Crippen molar-refractivity contribution >= 4 is 5.82 Å². The van der Waals surface area contributed by atoms with Crippen LogP contribution in [0.25, 0.3) is 11.1 Å². The van der Waals surface area contributed by atoms with Crippen molar-refractivity contribution in [1.82, 2.24) is 0 Å². The molecule has 0 saturated heterocycles. The summed E-state index contributed by atoms with van der Waals surface area (Å²) in [4.78, 5) is 3.26. The number of hydrogen-bond donors (Lipinski definition) is 1. The van der Waals surface area contributed by atoms with E-state index in [1.807, 2.05) is 31.2 Å². The lowest BCUT2D eigenvalue weighted by Crippen LogP contribution is -2.22. The summed E-state index contributed by atoms with van der Waals surface area (Å²) in [5.74, 6) is 1.26. The average molecular weight is 308 g/mol. The summed E-state index contributed by atoms with van der Waals surface area (Å²) < 4.78 is 5.79. The van der Waals surface area contributed by atoms with Crippen LogP contribution >= 0.6 is 0 Å². The molecule has 0 amide bonds. The van der Waals surface area contributed by atoms with Crippen LogP contribution in [0.5, 0.6) is 5.75 Å². The molecule has 1 aliphatic carbocycles. The van der Waals surface area contributed by atoms with Gasteiger partial charge >= 0.3 is 0 Å². The second-order valence-electron chi connectivity index (χ2n) is 5.85. The SMILES string of the molecule is CCOc1ccccc1-c1c(C#N)c(N)[nH+]c2c1CCCCC2. The van der Waals surface area contributed by atoms with Gasteiger partial charge in [-0.25, -0.2) is 4.98 Å². The van der Waals surface area contributed by atoms with Gasteiger partial charge in [0.1, 0.15) is 23.1 Å². The van der Waals surface area contributed by atoms with E-state index in [1.54, 1.807) is 0 Å². The fourth-order valence-electron chi connectivity index (χ4n) is 3.37. The molecule has 23 heavy (non-hydrogen) atoms. The number of rotatable bonds is 3. The Labute approximate surface area is 136 Å². The summed E-state index contributed by atoms with van der Waals surface area (Å²) in [5, 5.41) is 9.66. The van der Waals surface area contributed by atoms with Crippen LogP contribution in [0.4, 0.5) is 5.82 Å². The van der Waals surface area contributed by atoms with E-state index in [2.05, 4.69) is 11.1 Å². The maximum absolute atomic E-state index is 9.66. The summed E-state index contributed by atoms with van der Waals surface area (Å²) in [7, 11) is 0. The number of pyridine rings is 1. The number of H-pyrrole nitrogens is 1. The van der Waals surface area contributed by atoms with Gasteiger partial charge < -0.3 is 4.74 Å². The molecule has 0 unspecified atom stereocenters. The van der Waals surface area contributed by atoms with E-state index in [9.17, 15) is 5.26 Å². The number of benzene rings is 1. The number of aryl methyl sites for hydroxylation is 1. The van der Waals surface area contributed by atoms with Gasteiger partial charge in [-0.1, -0.05) is 24.6 Å². The van der Waals surface area contributed by atoms with Crippen molar-refractivity contribution in [3.8, 4) is 22.9 Å². The van der Waals surface area contributed by atoms with E-state index in [0.29, 0.717) is 18.0 Å². The van der Waals surface area contributed by atoms with Crippen molar-refractivity contribution in [2.45, 2.75) is 39.0 Å². The number of ether oxygens (including phenoxy) is 1. The molecule has 0 bridgehead atoms. The highest BCUT2D eigenvalue weighted by Gasteiger charge is 2.25. The van der Waals surface area contributed by atoms with Crippen molar-refractivity contribution in [1.29, 1.82) is 5.26 Å². The number of nitrogens with two attached hydrogens (primary N) is 1. The van der Waals surface area contributed by atoms with Crippen LogP contribution < -0.4 is 15.5 Å². The predicted molar refractivity (Wildman–Crippen MR) is 90.0 cm³/mol. The van der Waals surface area contributed by atoms with E-state index < -0.39 is 0 Å². The molecule has 1 aliphatic rings. The highest BCUT2D eigenvalue weighted by Crippen LogP contribution is 2.38. The molecule has 4 nitrogen and oxygen atoms in total. The van der Waals surface area contributed by atoms with Gasteiger partial charge in [0.25, 0.3) is 5.82 Å². The Kier molecular flexibility index (Phi) is 4.47. The van der Waals surface area contributed by atoms with Crippen molar-refractivity contribution in [3.63, 3.8) is 0 Å². The molecule has 0 atom stereocenters. The number of nitrogen functional groups attached to an aromatic ring is 1. The molecule has 2 aromatic rings. The molecule has 118 valence electrons. The van der Waals surface area contributed by atoms with Crippen LogP contribution in [0.1, 0.15) is 43.0 Å². The van der Waals surface area contributed by atoms with Gasteiger partial charge in [-0.15, -0.1) is 0 Å². The molecule has 0 radical (unpaired) electrons. The Morgan fingerprint density at radius 2 is 2.00 bits per heavy atom. The second-order valence-corrected chi connectivity index (χ2v) is 5.85. The molecule has 3 N–H and O–H groups in total. The smallest absolute Gasteiger partial charge is 0.289 e. The first-order chi connectivity index (χ1) is 11.3. The molecular weight excluding hydrogens is 286 g/mol. The number of aromatic nitrogens is 1. The second kappa shape index (κ2) is 6.70. The quantitative estimate of drug-likeness (QED) is 0.884. The van der Waals surface area contributed by atoms with Gasteiger partial charge in [-0.3, -0.25) is 5.73 Å². The summed E-state index contributed by atoms with van der Waals surface area (Å²) in [6.07, 6.45) is 5.45. The van der Waals surface area contributed by atoms with Crippen LogP contribution in [0, 0.1) is 11.3 Å². The van der Waals surface area contributed by atoms with Gasteiger partial charge in [0.15, 0.2) is 0 Å². The maximum atomic E-state index is 9.66. The molecule has 0 spiro atoms. The summed E-state index contributed by atoms with van der Waals surface area (Å²) >= 11 is 0. The van der Waals surface area contributed by atoms with Crippen molar-refractivity contribution in [2.75, 3.05) is 12.3 Å². The zero-order valence-corrected chi connectivity index (χ0v) is 13.5.